The molecule has 1 N–H and O–H groups in total. The molecule has 2 nitrogen and oxygen atoms in total. The van der Waals surface area contributed by atoms with Gasteiger partial charge in [0.1, 0.15) is 11.9 Å². The van der Waals surface area contributed by atoms with Gasteiger partial charge in [0.15, 0.2) is 0 Å². The van der Waals surface area contributed by atoms with E-state index in [9.17, 15) is 5.11 Å². The number of hydrogen-bond acceptors (Lipinski definition) is 2. The molecule has 0 saturated carbocycles. The first-order chi connectivity index (χ1) is 11.2. The molecule has 0 aliphatic heterocycles. The molecule has 2 rings (SSSR count). The summed E-state index contributed by atoms with van der Waals surface area (Å²) in [7, 11) is -1.86. The van der Waals surface area contributed by atoms with E-state index >= 15 is 0 Å². The van der Waals surface area contributed by atoms with Crippen LogP contribution in [0.4, 0.5) is 0 Å². The third-order valence-electron chi connectivity index (χ3n) is 4.48. The van der Waals surface area contributed by atoms with Gasteiger partial charge in [-0.05, 0) is 41.9 Å². The van der Waals surface area contributed by atoms with Gasteiger partial charge in [-0.1, -0.05) is 69.0 Å². The molecule has 3 heteroatoms. The van der Waals surface area contributed by atoms with Crippen LogP contribution in [0.15, 0.2) is 54.6 Å². The van der Waals surface area contributed by atoms with E-state index in [1.54, 1.807) is 0 Å². The Morgan fingerprint density at radius 1 is 1.00 bits per heavy atom. The van der Waals surface area contributed by atoms with Crippen molar-refractivity contribution >= 4 is 8.32 Å². The van der Waals surface area contributed by atoms with Gasteiger partial charge in [0, 0.05) is 5.56 Å². The van der Waals surface area contributed by atoms with E-state index in [2.05, 4.69) is 45.7 Å². The van der Waals surface area contributed by atoms with Crippen LogP contribution in [0.25, 0.3) is 0 Å². The Morgan fingerprint density at radius 3 is 2.29 bits per heavy atom. The molecule has 0 amide bonds. The van der Waals surface area contributed by atoms with Crippen LogP contribution < -0.4 is 4.43 Å². The zero-order valence-corrected chi connectivity index (χ0v) is 16.1. The summed E-state index contributed by atoms with van der Waals surface area (Å²) in [4.78, 5) is 0. The SMILES string of the molecule is CC(C)(C)[Si](C)(C)Oc1cccc(C#CC(O)c2ccccc2)c1. The standard InChI is InChI=1S/C21H26O2Si/c1-21(2,3)24(4,5)23-19-13-9-10-17(16-19)14-15-20(22)18-11-7-6-8-12-18/h6-13,16,20,22H,1-5H3. The first-order valence-electron chi connectivity index (χ1n) is 8.23. The average molecular weight is 339 g/mol. The van der Waals surface area contributed by atoms with Crippen LogP contribution >= 0.6 is 0 Å². The largest absolute Gasteiger partial charge is 0.543 e. The summed E-state index contributed by atoms with van der Waals surface area (Å²) in [5.74, 6) is 6.79. The van der Waals surface area contributed by atoms with Gasteiger partial charge < -0.3 is 9.53 Å². The highest BCUT2D eigenvalue weighted by atomic mass is 28.4. The van der Waals surface area contributed by atoms with Gasteiger partial charge >= 0.3 is 0 Å². The first kappa shape index (κ1) is 18.3. The van der Waals surface area contributed by atoms with Crippen molar-refractivity contribution in [3.05, 3.63) is 65.7 Å². The van der Waals surface area contributed by atoms with Crippen LogP contribution in [-0.2, 0) is 0 Å². The lowest BCUT2D eigenvalue weighted by molar-refractivity contribution is 0.238. The van der Waals surface area contributed by atoms with Crippen molar-refractivity contribution < 1.29 is 9.53 Å². The van der Waals surface area contributed by atoms with Crippen LogP contribution in [0.5, 0.6) is 5.75 Å². The lowest BCUT2D eigenvalue weighted by Crippen LogP contribution is -2.43. The van der Waals surface area contributed by atoms with Gasteiger partial charge in [-0.15, -0.1) is 0 Å². The number of aliphatic hydroxyl groups excluding tert-OH is 1. The minimum Gasteiger partial charge on any atom is -0.543 e. The molecule has 24 heavy (non-hydrogen) atoms. The van der Waals surface area contributed by atoms with E-state index in [0.717, 1.165) is 16.9 Å². The Morgan fingerprint density at radius 2 is 1.67 bits per heavy atom. The van der Waals surface area contributed by atoms with Crippen LogP contribution in [0.1, 0.15) is 38.0 Å². The quantitative estimate of drug-likeness (QED) is 0.619. The maximum Gasteiger partial charge on any atom is 0.250 e. The summed E-state index contributed by atoms with van der Waals surface area (Å²) in [6.07, 6.45) is -0.781. The van der Waals surface area contributed by atoms with Crippen LogP contribution in [-0.4, -0.2) is 13.4 Å². The van der Waals surface area contributed by atoms with E-state index < -0.39 is 14.4 Å². The summed E-state index contributed by atoms with van der Waals surface area (Å²) in [6.45, 7) is 11.1. The summed E-state index contributed by atoms with van der Waals surface area (Å²) in [5.41, 5.74) is 1.65. The van der Waals surface area contributed by atoms with E-state index in [-0.39, 0.29) is 5.04 Å². The maximum atomic E-state index is 10.1. The topological polar surface area (TPSA) is 29.5 Å². The number of rotatable bonds is 3. The molecule has 2 aromatic carbocycles. The van der Waals surface area contributed by atoms with E-state index in [1.165, 1.54) is 0 Å². The average Bonchev–Trinajstić information content (AvgIpc) is 2.52. The fourth-order valence-electron chi connectivity index (χ4n) is 1.96. The molecule has 0 aliphatic carbocycles. The van der Waals surface area contributed by atoms with Gasteiger partial charge in [0.05, 0.1) is 0 Å². The molecule has 0 bridgehead atoms. The molecule has 0 spiro atoms. The molecule has 0 aromatic heterocycles. The highest BCUT2D eigenvalue weighted by Gasteiger charge is 2.38. The molecule has 0 radical (unpaired) electrons. The first-order valence-corrected chi connectivity index (χ1v) is 11.1. The summed E-state index contributed by atoms with van der Waals surface area (Å²) in [6, 6.07) is 17.3. The molecule has 1 unspecified atom stereocenters. The van der Waals surface area contributed by atoms with E-state index in [0.29, 0.717) is 0 Å². The van der Waals surface area contributed by atoms with Crippen molar-refractivity contribution in [2.24, 2.45) is 0 Å². The van der Waals surface area contributed by atoms with Gasteiger partial charge in [-0.25, -0.2) is 0 Å². The van der Waals surface area contributed by atoms with Crippen molar-refractivity contribution in [2.45, 2.75) is 45.0 Å². The number of benzene rings is 2. The minimum atomic E-state index is -1.86. The van der Waals surface area contributed by atoms with Crippen molar-refractivity contribution in [3.63, 3.8) is 0 Å². The van der Waals surface area contributed by atoms with Crippen LogP contribution in [0, 0.1) is 11.8 Å². The van der Waals surface area contributed by atoms with Gasteiger partial charge in [-0.3, -0.25) is 0 Å². The fourth-order valence-corrected chi connectivity index (χ4v) is 2.98. The minimum absolute atomic E-state index is 0.151. The Labute approximate surface area is 146 Å². The second-order valence-electron chi connectivity index (χ2n) is 7.47. The monoisotopic (exact) mass is 338 g/mol. The summed E-state index contributed by atoms with van der Waals surface area (Å²) in [5, 5.41) is 10.3. The highest BCUT2D eigenvalue weighted by Crippen LogP contribution is 2.37. The Kier molecular flexibility index (Phi) is 5.53. The molecule has 126 valence electrons. The normalized spacial score (nSPS) is 12.9. The lowest BCUT2D eigenvalue weighted by Gasteiger charge is -2.36. The summed E-state index contributed by atoms with van der Waals surface area (Å²) < 4.78 is 6.31. The zero-order chi connectivity index (χ0) is 17.8. The van der Waals surface area contributed by atoms with Gasteiger partial charge in [0.2, 0.25) is 8.32 Å². The third kappa shape index (κ3) is 4.74. The molecular formula is C21H26O2Si. The van der Waals surface area contributed by atoms with Crippen LogP contribution in [0.3, 0.4) is 0 Å². The molecule has 0 heterocycles. The van der Waals surface area contributed by atoms with Crippen LogP contribution in [0.2, 0.25) is 18.1 Å². The van der Waals surface area contributed by atoms with Gasteiger partial charge in [0.25, 0.3) is 0 Å². The third-order valence-corrected chi connectivity index (χ3v) is 8.84. The summed E-state index contributed by atoms with van der Waals surface area (Å²) >= 11 is 0. The predicted molar refractivity (Wildman–Crippen MR) is 103 cm³/mol. The molecular weight excluding hydrogens is 312 g/mol. The number of aliphatic hydroxyl groups is 1. The maximum absolute atomic E-state index is 10.1. The predicted octanol–water partition coefficient (Wildman–Crippen LogP) is 5.16. The molecule has 0 fully saturated rings. The molecule has 1 atom stereocenters. The Hall–Kier alpha value is -2.02. The van der Waals surface area contributed by atoms with Crippen molar-refractivity contribution in [2.75, 3.05) is 0 Å². The second kappa shape index (κ2) is 7.25. The van der Waals surface area contributed by atoms with Gasteiger partial charge in [-0.2, -0.15) is 0 Å². The van der Waals surface area contributed by atoms with Crippen molar-refractivity contribution in [3.8, 4) is 17.6 Å². The second-order valence-corrected chi connectivity index (χ2v) is 12.2. The fraction of sp³-hybridized carbons (Fsp3) is 0.333. The molecule has 0 aliphatic rings. The Balaban J connectivity index is 2.16. The smallest absolute Gasteiger partial charge is 0.250 e. The molecule has 2 aromatic rings. The lowest BCUT2D eigenvalue weighted by atomic mass is 10.1. The Bertz CT molecular complexity index is 734. The van der Waals surface area contributed by atoms with E-state index in [1.807, 2.05) is 54.6 Å². The number of hydrogen-bond donors (Lipinski definition) is 1. The van der Waals surface area contributed by atoms with E-state index in [4.69, 9.17) is 4.43 Å². The molecule has 0 saturated heterocycles. The van der Waals surface area contributed by atoms with Crippen molar-refractivity contribution in [1.82, 2.24) is 0 Å². The zero-order valence-electron chi connectivity index (χ0n) is 15.1. The van der Waals surface area contributed by atoms with Crippen molar-refractivity contribution in [1.29, 1.82) is 0 Å². The highest BCUT2D eigenvalue weighted by molar-refractivity contribution is 6.74.